The normalized spacial score (nSPS) is 20.8. The van der Waals surface area contributed by atoms with E-state index in [0.717, 1.165) is 0 Å². The molecule has 0 aliphatic carbocycles. The van der Waals surface area contributed by atoms with Gasteiger partial charge < -0.3 is 19.4 Å². The highest BCUT2D eigenvalue weighted by molar-refractivity contribution is 5.99. The van der Waals surface area contributed by atoms with Crippen LogP contribution in [0.15, 0.2) is 48.5 Å². The topological polar surface area (TPSA) is 90.5 Å². The first-order chi connectivity index (χ1) is 18.7. The highest BCUT2D eigenvalue weighted by Gasteiger charge is 2.55. The van der Waals surface area contributed by atoms with Gasteiger partial charge in [0, 0.05) is 64.6 Å². The molecular weight excluding hydrogens is 510 g/mol. The first-order valence-electron chi connectivity index (χ1n) is 13.0. The molecule has 3 saturated heterocycles. The van der Waals surface area contributed by atoms with E-state index in [1.165, 1.54) is 59.2 Å². The van der Waals surface area contributed by atoms with E-state index in [1.54, 1.807) is 15.9 Å². The van der Waals surface area contributed by atoms with E-state index in [2.05, 4.69) is 0 Å². The molecule has 11 heteroatoms. The second-order valence-electron chi connectivity index (χ2n) is 10.1. The van der Waals surface area contributed by atoms with Crippen molar-refractivity contribution in [1.29, 1.82) is 0 Å². The van der Waals surface area contributed by atoms with Gasteiger partial charge in [-0.05, 0) is 36.4 Å². The maximum Gasteiger partial charge on any atom is 0.256 e. The highest BCUT2D eigenvalue weighted by Crippen LogP contribution is 2.39. The first kappa shape index (κ1) is 26.7. The molecular formula is C28H30F2N4O5. The van der Waals surface area contributed by atoms with E-state index >= 15 is 0 Å². The third-order valence-electron chi connectivity index (χ3n) is 7.83. The molecule has 3 fully saturated rings. The van der Waals surface area contributed by atoms with Gasteiger partial charge in [0.1, 0.15) is 23.4 Å². The predicted octanol–water partition coefficient (Wildman–Crippen LogP) is 2.13. The first-order valence-corrected chi connectivity index (χ1v) is 13.0. The fraction of sp³-hybridized carbons (Fsp3) is 0.429. The van der Waals surface area contributed by atoms with E-state index in [1.807, 2.05) is 0 Å². The maximum atomic E-state index is 14.2. The van der Waals surface area contributed by atoms with Crippen molar-refractivity contribution in [3.8, 4) is 0 Å². The fourth-order valence-electron chi connectivity index (χ4n) is 5.60. The monoisotopic (exact) mass is 540 g/mol. The van der Waals surface area contributed by atoms with Crippen LogP contribution in [-0.2, 0) is 14.3 Å². The van der Waals surface area contributed by atoms with Crippen LogP contribution in [0.25, 0.3) is 0 Å². The molecule has 3 aliphatic heterocycles. The molecule has 0 radical (unpaired) electrons. The van der Waals surface area contributed by atoms with Gasteiger partial charge in [-0.15, -0.1) is 0 Å². The summed E-state index contributed by atoms with van der Waals surface area (Å²) in [6.45, 7) is 3.32. The second-order valence-corrected chi connectivity index (χ2v) is 10.1. The van der Waals surface area contributed by atoms with Crippen LogP contribution in [0.2, 0.25) is 0 Å². The zero-order valence-electron chi connectivity index (χ0n) is 21.6. The summed E-state index contributed by atoms with van der Waals surface area (Å²) >= 11 is 0. The Balaban J connectivity index is 1.38. The summed E-state index contributed by atoms with van der Waals surface area (Å²) in [5.41, 5.74) is -0.970. The minimum Gasteiger partial charge on any atom is -0.353 e. The Bertz CT molecular complexity index is 1270. The Kier molecular flexibility index (Phi) is 7.35. The van der Waals surface area contributed by atoms with Gasteiger partial charge in [0.15, 0.2) is 0 Å². The summed E-state index contributed by atoms with van der Waals surface area (Å²) in [7, 11) is 0. The van der Waals surface area contributed by atoms with Crippen LogP contribution in [0.5, 0.6) is 0 Å². The summed E-state index contributed by atoms with van der Waals surface area (Å²) in [5.74, 6) is -2.36. The van der Waals surface area contributed by atoms with E-state index < -0.39 is 35.2 Å². The third kappa shape index (κ3) is 5.10. The zero-order chi connectivity index (χ0) is 27.7. The molecule has 4 amide bonds. The molecule has 0 bridgehead atoms. The number of piperazine rings is 1. The van der Waals surface area contributed by atoms with E-state index in [0.29, 0.717) is 26.2 Å². The Morgan fingerprint density at radius 1 is 0.795 bits per heavy atom. The zero-order valence-corrected chi connectivity index (χ0v) is 21.6. The van der Waals surface area contributed by atoms with Crippen molar-refractivity contribution in [1.82, 2.24) is 19.6 Å². The minimum atomic E-state index is -1.15. The molecule has 3 aliphatic rings. The number of hydrogen-bond acceptors (Lipinski definition) is 5. The average Bonchev–Trinajstić information content (AvgIpc) is 3.31. The lowest BCUT2D eigenvalue weighted by atomic mass is 9.96. The van der Waals surface area contributed by atoms with E-state index in [-0.39, 0.29) is 55.5 Å². The van der Waals surface area contributed by atoms with Crippen molar-refractivity contribution in [3.63, 3.8) is 0 Å². The lowest BCUT2D eigenvalue weighted by molar-refractivity contribution is -0.142. The van der Waals surface area contributed by atoms with Crippen LogP contribution >= 0.6 is 0 Å². The SMILES string of the molecule is CC(=O)N1CCN(C(=O)C2COC3(CCN(C(=O)c4ccccc4F)CC3)N2C(=O)c2ccc(F)cc2)CC1. The van der Waals surface area contributed by atoms with Crippen LogP contribution in [0.3, 0.4) is 0 Å². The largest absolute Gasteiger partial charge is 0.353 e. The Morgan fingerprint density at radius 3 is 2.03 bits per heavy atom. The lowest BCUT2D eigenvalue weighted by Gasteiger charge is -2.45. The van der Waals surface area contributed by atoms with Gasteiger partial charge in [-0.1, -0.05) is 12.1 Å². The molecule has 1 unspecified atom stereocenters. The summed E-state index contributed by atoms with van der Waals surface area (Å²) in [6.07, 6.45) is 0.448. The number of carbonyl (C=O) groups excluding carboxylic acids is 4. The predicted molar refractivity (Wildman–Crippen MR) is 135 cm³/mol. The minimum absolute atomic E-state index is 0.0278. The van der Waals surface area contributed by atoms with Gasteiger partial charge in [0.2, 0.25) is 11.8 Å². The number of amides is 4. The van der Waals surface area contributed by atoms with Crippen LogP contribution in [-0.4, -0.2) is 101 Å². The number of halogens is 2. The number of nitrogens with zero attached hydrogens (tertiary/aromatic N) is 4. The number of piperidine rings is 1. The number of benzene rings is 2. The number of rotatable bonds is 3. The van der Waals surface area contributed by atoms with Gasteiger partial charge in [-0.2, -0.15) is 0 Å². The van der Waals surface area contributed by atoms with Crippen molar-refractivity contribution in [3.05, 3.63) is 71.3 Å². The van der Waals surface area contributed by atoms with Gasteiger partial charge >= 0.3 is 0 Å². The van der Waals surface area contributed by atoms with Gasteiger partial charge in [0.25, 0.3) is 11.8 Å². The number of likely N-dealkylation sites (tertiary alicyclic amines) is 1. The molecule has 0 N–H and O–H groups in total. The molecule has 0 aromatic heterocycles. The van der Waals surface area contributed by atoms with Crippen LogP contribution < -0.4 is 0 Å². The maximum absolute atomic E-state index is 14.2. The van der Waals surface area contributed by atoms with Crippen LogP contribution in [0.1, 0.15) is 40.5 Å². The molecule has 39 heavy (non-hydrogen) atoms. The average molecular weight is 541 g/mol. The fourth-order valence-corrected chi connectivity index (χ4v) is 5.60. The van der Waals surface area contributed by atoms with Crippen molar-refractivity contribution >= 4 is 23.6 Å². The van der Waals surface area contributed by atoms with Crippen LogP contribution in [0, 0.1) is 11.6 Å². The molecule has 3 heterocycles. The summed E-state index contributed by atoms with van der Waals surface area (Å²) < 4.78 is 34.0. The molecule has 2 aromatic carbocycles. The van der Waals surface area contributed by atoms with Gasteiger partial charge in [0.05, 0.1) is 12.2 Å². The van der Waals surface area contributed by atoms with Gasteiger partial charge in [-0.3, -0.25) is 24.1 Å². The van der Waals surface area contributed by atoms with Crippen molar-refractivity contribution < 1.29 is 32.7 Å². The molecule has 9 nitrogen and oxygen atoms in total. The standard InChI is InChI=1S/C28H30F2N4O5/c1-19(35)31-14-16-33(17-15-31)27(38)24-18-39-28(34(24)25(36)20-6-8-21(29)9-7-20)10-12-32(13-11-28)26(37)22-4-2-3-5-23(22)30/h2-9,24H,10-18H2,1H3. The van der Waals surface area contributed by atoms with E-state index in [4.69, 9.17) is 4.74 Å². The summed E-state index contributed by atoms with van der Waals surface area (Å²) in [4.78, 5) is 58.5. The molecule has 1 atom stereocenters. The molecule has 2 aromatic rings. The lowest BCUT2D eigenvalue weighted by Crippen LogP contribution is -2.61. The summed E-state index contributed by atoms with van der Waals surface area (Å²) in [5, 5.41) is 0. The number of hydrogen-bond donors (Lipinski definition) is 0. The Hall–Kier alpha value is -3.86. The van der Waals surface area contributed by atoms with Crippen LogP contribution in [0.4, 0.5) is 8.78 Å². The number of carbonyl (C=O) groups is 4. The summed E-state index contributed by atoms with van der Waals surface area (Å²) in [6, 6.07) is 9.96. The molecule has 206 valence electrons. The Labute approximate surface area is 224 Å². The van der Waals surface area contributed by atoms with Crippen molar-refractivity contribution in [2.24, 2.45) is 0 Å². The van der Waals surface area contributed by atoms with E-state index in [9.17, 15) is 28.0 Å². The third-order valence-corrected chi connectivity index (χ3v) is 7.83. The molecule has 0 saturated carbocycles. The molecule has 5 rings (SSSR count). The smallest absolute Gasteiger partial charge is 0.256 e. The number of ether oxygens (including phenoxy) is 1. The van der Waals surface area contributed by atoms with Gasteiger partial charge in [-0.25, -0.2) is 8.78 Å². The van der Waals surface area contributed by atoms with Crippen molar-refractivity contribution in [2.45, 2.75) is 31.5 Å². The second kappa shape index (κ2) is 10.7. The van der Waals surface area contributed by atoms with Crippen molar-refractivity contribution in [2.75, 3.05) is 45.9 Å². The quantitative estimate of drug-likeness (QED) is 0.595. The highest BCUT2D eigenvalue weighted by atomic mass is 19.1. The Morgan fingerprint density at radius 2 is 1.41 bits per heavy atom. The molecule has 1 spiro atoms.